The van der Waals surface area contributed by atoms with Crippen LogP contribution < -0.4 is 20.5 Å². The number of ether oxygens (including phenoxy) is 2. The van der Waals surface area contributed by atoms with E-state index in [1.165, 1.54) is 25.7 Å². The fourth-order valence-electron chi connectivity index (χ4n) is 3.02. The zero-order valence-electron chi connectivity index (χ0n) is 13.3. The molecular weight excluding hydrogens is 316 g/mol. The number of hydrogen-bond donors (Lipinski definition) is 2. The highest BCUT2D eigenvalue weighted by atomic mass is 35.5. The molecule has 0 bridgehead atoms. The van der Waals surface area contributed by atoms with Crippen molar-refractivity contribution in [2.24, 2.45) is 17.6 Å². The molecule has 2 aliphatic carbocycles. The number of nitrogens with two attached hydrogens (primary N) is 1. The van der Waals surface area contributed by atoms with Crippen LogP contribution in [0.25, 0.3) is 0 Å². The number of benzene rings is 1. The Morgan fingerprint density at radius 3 is 2.52 bits per heavy atom. The number of carbonyl (C=O) groups is 1. The third-order valence-electron chi connectivity index (χ3n) is 4.45. The fourth-order valence-corrected chi connectivity index (χ4v) is 3.31. The predicted molar refractivity (Wildman–Crippen MR) is 88.8 cm³/mol. The molecule has 0 radical (unpaired) electrons. The van der Waals surface area contributed by atoms with Gasteiger partial charge in [-0.2, -0.15) is 0 Å². The predicted octanol–water partition coefficient (Wildman–Crippen LogP) is 2.49. The maximum atomic E-state index is 10.9. The number of hydrogen-bond acceptors (Lipinski definition) is 4. The lowest BCUT2D eigenvalue weighted by molar-refractivity contribution is -0.119. The molecule has 0 heterocycles. The van der Waals surface area contributed by atoms with Crippen LogP contribution in [-0.4, -0.2) is 25.7 Å². The van der Waals surface area contributed by atoms with E-state index in [1.807, 2.05) is 12.1 Å². The topological polar surface area (TPSA) is 73.6 Å². The molecule has 2 saturated carbocycles. The van der Waals surface area contributed by atoms with Gasteiger partial charge >= 0.3 is 0 Å². The molecule has 5 nitrogen and oxygen atoms in total. The van der Waals surface area contributed by atoms with Gasteiger partial charge in [-0.3, -0.25) is 4.79 Å². The van der Waals surface area contributed by atoms with Crippen LogP contribution in [0.5, 0.6) is 11.5 Å². The maximum Gasteiger partial charge on any atom is 0.255 e. The molecule has 126 valence electrons. The van der Waals surface area contributed by atoms with Gasteiger partial charge in [-0.15, -0.1) is 0 Å². The quantitative estimate of drug-likeness (QED) is 0.725. The van der Waals surface area contributed by atoms with E-state index in [2.05, 4.69) is 5.32 Å². The standard InChI is InChI=1S/C17H23ClN2O3/c1-22-14-7-10(6-13(18)17(14)23-9-15(19)21)8-20-16(11-2-3-11)12-4-5-12/h6-7,11-12,16,20H,2-5,8-9H2,1H3,(H2,19,21). The second kappa shape index (κ2) is 6.97. The highest BCUT2D eigenvalue weighted by molar-refractivity contribution is 6.32. The molecule has 3 N–H and O–H groups in total. The average Bonchev–Trinajstić information content (AvgIpc) is 3.38. The number of methoxy groups -OCH3 is 1. The Hall–Kier alpha value is -1.46. The molecular formula is C17H23ClN2O3. The van der Waals surface area contributed by atoms with Crippen LogP contribution in [0.1, 0.15) is 31.2 Å². The summed E-state index contributed by atoms with van der Waals surface area (Å²) in [7, 11) is 1.55. The first-order chi connectivity index (χ1) is 11.1. The first kappa shape index (κ1) is 16.4. The molecule has 2 aliphatic rings. The van der Waals surface area contributed by atoms with Gasteiger partial charge in [0.05, 0.1) is 12.1 Å². The van der Waals surface area contributed by atoms with Gasteiger partial charge in [-0.05, 0) is 55.2 Å². The van der Waals surface area contributed by atoms with Crippen molar-refractivity contribution < 1.29 is 14.3 Å². The Kier molecular flexibility index (Phi) is 4.97. The maximum absolute atomic E-state index is 10.9. The van der Waals surface area contributed by atoms with E-state index in [0.717, 1.165) is 23.9 Å². The van der Waals surface area contributed by atoms with Gasteiger partial charge < -0.3 is 20.5 Å². The van der Waals surface area contributed by atoms with Gasteiger partial charge in [-0.1, -0.05) is 11.6 Å². The third-order valence-corrected chi connectivity index (χ3v) is 4.73. The van der Waals surface area contributed by atoms with E-state index in [0.29, 0.717) is 22.6 Å². The summed E-state index contributed by atoms with van der Waals surface area (Å²) in [5.74, 6) is 2.02. The van der Waals surface area contributed by atoms with Gasteiger partial charge in [-0.25, -0.2) is 0 Å². The summed E-state index contributed by atoms with van der Waals surface area (Å²) >= 11 is 6.28. The highest BCUT2D eigenvalue weighted by Gasteiger charge is 2.40. The van der Waals surface area contributed by atoms with Crippen molar-refractivity contribution in [2.45, 2.75) is 38.3 Å². The zero-order valence-corrected chi connectivity index (χ0v) is 14.1. The summed E-state index contributed by atoms with van der Waals surface area (Å²) in [5, 5.41) is 4.11. The SMILES string of the molecule is COc1cc(CNC(C2CC2)C2CC2)cc(Cl)c1OCC(N)=O. The van der Waals surface area contributed by atoms with E-state index in [-0.39, 0.29) is 6.61 Å². The monoisotopic (exact) mass is 338 g/mol. The van der Waals surface area contributed by atoms with Crippen molar-refractivity contribution in [1.29, 1.82) is 0 Å². The number of halogens is 1. The molecule has 1 aromatic carbocycles. The summed E-state index contributed by atoms with van der Waals surface area (Å²) < 4.78 is 10.7. The number of primary amides is 1. The minimum atomic E-state index is -0.550. The van der Waals surface area contributed by atoms with Gasteiger partial charge in [0.1, 0.15) is 0 Å². The fraction of sp³-hybridized carbons (Fsp3) is 0.588. The lowest BCUT2D eigenvalue weighted by Gasteiger charge is -2.19. The van der Waals surface area contributed by atoms with Crippen molar-refractivity contribution >= 4 is 17.5 Å². The Bertz CT molecular complexity index is 573. The molecule has 0 aromatic heterocycles. The Morgan fingerprint density at radius 2 is 2.00 bits per heavy atom. The number of amides is 1. The molecule has 3 rings (SSSR count). The van der Waals surface area contributed by atoms with Gasteiger partial charge in [0.25, 0.3) is 5.91 Å². The highest BCUT2D eigenvalue weighted by Crippen LogP contribution is 2.44. The molecule has 0 spiro atoms. The molecule has 6 heteroatoms. The number of rotatable bonds is 9. The van der Waals surface area contributed by atoms with Crippen LogP contribution in [0, 0.1) is 11.8 Å². The van der Waals surface area contributed by atoms with Crippen molar-refractivity contribution in [2.75, 3.05) is 13.7 Å². The largest absolute Gasteiger partial charge is 0.493 e. The molecule has 0 aliphatic heterocycles. The Morgan fingerprint density at radius 1 is 1.35 bits per heavy atom. The van der Waals surface area contributed by atoms with E-state index < -0.39 is 5.91 Å². The summed E-state index contributed by atoms with van der Waals surface area (Å²) in [6, 6.07) is 4.38. The number of nitrogens with one attached hydrogen (secondary N) is 1. The van der Waals surface area contributed by atoms with E-state index in [4.69, 9.17) is 26.8 Å². The van der Waals surface area contributed by atoms with E-state index in [1.54, 1.807) is 7.11 Å². The Labute approximate surface area is 141 Å². The van der Waals surface area contributed by atoms with Crippen LogP contribution in [0.4, 0.5) is 0 Å². The van der Waals surface area contributed by atoms with Crippen molar-refractivity contribution in [3.8, 4) is 11.5 Å². The summed E-state index contributed by atoms with van der Waals surface area (Å²) in [6.07, 6.45) is 5.38. The second-order valence-corrected chi connectivity index (χ2v) is 6.85. The van der Waals surface area contributed by atoms with Gasteiger partial charge in [0, 0.05) is 12.6 Å². The second-order valence-electron chi connectivity index (χ2n) is 6.45. The van der Waals surface area contributed by atoms with Crippen molar-refractivity contribution in [1.82, 2.24) is 5.32 Å². The molecule has 0 atom stereocenters. The Balaban J connectivity index is 1.67. The smallest absolute Gasteiger partial charge is 0.255 e. The zero-order chi connectivity index (χ0) is 16.4. The van der Waals surface area contributed by atoms with Crippen LogP contribution >= 0.6 is 11.6 Å². The minimum absolute atomic E-state index is 0.223. The van der Waals surface area contributed by atoms with Crippen LogP contribution in [0.15, 0.2) is 12.1 Å². The van der Waals surface area contributed by atoms with Crippen LogP contribution in [0.3, 0.4) is 0 Å². The first-order valence-electron chi connectivity index (χ1n) is 8.09. The van der Waals surface area contributed by atoms with Gasteiger partial charge in [0.15, 0.2) is 18.1 Å². The normalized spacial score (nSPS) is 17.3. The third kappa shape index (κ3) is 4.30. The minimum Gasteiger partial charge on any atom is -0.493 e. The van der Waals surface area contributed by atoms with Crippen molar-refractivity contribution in [3.63, 3.8) is 0 Å². The van der Waals surface area contributed by atoms with E-state index in [9.17, 15) is 4.79 Å². The molecule has 1 aromatic rings. The van der Waals surface area contributed by atoms with Crippen LogP contribution in [-0.2, 0) is 11.3 Å². The molecule has 0 unspecified atom stereocenters. The molecule has 23 heavy (non-hydrogen) atoms. The first-order valence-corrected chi connectivity index (χ1v) is 8.47. The summed E-state index contributed by atoms with van der Waals surface area (Å²) in [6.45, 7) is 0.531. The summed E-state index contributed by atoms with van der Waals surface area (Å²) in [5.41, 5.74) is 6.15. The van der Waals surface area contributed by atoms with Gasteiger partial charge in [0.2, 0.25) is 0 Å². The van der Waals surface area contributed by atoms with Crippen molar-refractivity contribution in [3.05, 3.63) is 22.7 Å². The van der Waals surface area contributed by atoms with Crippen LogP contribution in [0.2, 0.25) is 5.02 Å². The summed E-state index contributed by atoms with van der Waals surface area (Å²) in [4.78, 5) is 10.9. The number of carbonyl (C=O) groups excluding carboxylic acids is 1. The molecule has 0 saturated heterocycles. The lowest BCUT2D eigenvalue weighted by Crippen LogP contribution is -2.32. The average molecular weight is 339 g/mol. The lowest BCUT2D eigenvalue weighted by atomic mass is 10.1. The van der Waals surface area contributed by atoms with E-state index >= 15 is 0 Å². The molecule has 1 amide bonds. The molecule has 2 fully saturated rings.